The second-order valence-corrected chi connectivity index (χ2v) is 6.22. The number of benzene rings is 1. The van der Waals surface area contributed by atoms with Gasteiger partial charge in [-0.3, -0.25) is 9.59 Å². The third-order valence-corrected chi connectivity index (χ3v) is 4.38. The van der Waals surface area contributed by atoms with Gasteiger partial charge in [-0.15, -0.1) is 0 Å². The first kappa shape index (κ1) is 16.5. The highest BCUT2D eigenvalue weighted by atomic mass is 16.5. The molecule has 0 aliphatic heterocycles. The molecule has 0 radical (unpaired) electrons. The predicted octanol–water partition coefficient (Wildman–Crippen LogP) is 3.35. The molecule has 4 heteroatoms. The van der Waals surface area contributed by atoms with Gasteiger partial charge < -0.3 is 10.1 Å². The fraction of sp³-hybridized carbons (Fsp3) is 0.556. The maximum Gasteiger partial charge on any atom is 0.261 e. The molecule has 1 amide bonds. The van der Waals surface area contributed by atoms with Crippen molar-refractivity contribution in [2.24, 2.45) is 5.92 Å². The number of carbonyl (C=O) groups is 2. The molecule has 1 aromatic rings. The Balaban J connectivity index is 1.89. The number of amides is 1. The Bertz CT molecular complexity index is 524. The maximum atomic E-state index is 12.2. The van der Waals surface area contributed by atoms with Crippen molar-refractivity contribution < 1.29 is 14.3 Å². The number of hydrogen-bond acceptors (Lipinski definition) is 3. The Morgan fingerprint density at radius 3 is 2.41 bits per heavy atom. The summed E-state index contributed by atoms with van der Waals surface area (Å²) in [7, 11) is 0. The molecule has 0 saturated heterocycles. The van der Waals surface area contributed by atoms with Crippen LogP contribution in [0.5, 0.6) is 5.75 Å². The molecule has 1 aromatic carbocycles. The van der Waals surface area contributed by atoms with Gasteiger partial charge in [0.05, 0.1) is 0 Å². The standard InChI is InChI=1S/C18H25NO3/c1-12-6-4-5-7-17(12)19-18(21)14(3)22-16-10-8-15(9-11-16)13(2)20/h8-12,14,17H,4-7H2,1-3H3,(H,19,21)/t12-,14-,17-/m0/s1. The minimum atomic E-state index is -0.544. The first-order valence-corrected chi connectivity index (χ1v) is 8.05. The maximum absolute atomic E-state index is 12.2. The Hall–Kier alpha value is -1.84. The number of ether oxygens (including phenoxy) is 1. The van der Waals surface area contributed by atoms with Crippen LogP contribution < -0.4 is 10.1 Å². The molecule has 0 bridgehead atoms. The summed E-state index contributed by atoms with van der Waals surface area (Å²) in [5, 5.41) is 3.10. The summed E-state index contributed by atoms with van der Waals surface area (Å²) in [4.78, 5) is 23.5. The van der Waals surface area contributed by atoms with Crippen LogP contribution in [-0.2, 0) is 4.79 Å². The first-order chi connectivity index (χ1) is 10.5. The molecule has 1 aliphatic rings. The number of Topliss-reactive ketones (excluding diaryl/α,β-unsaturated/α-hetero) is 1. The van der Waals surface area contributed by atoms with Gasteiger partial charge in [0.25, 0.3) is 5.91 Å². The minimum Gasteiger partial charge on any atom is -0.481 e. The SMILES string of the molecule is CC(=O)c1ccc(O[C@@H](C)C(=O)N[C@H]2CCCC[C@@H]2C)cc1. The Kier molecular flexibility index (Phi) is 5.58. The van der Waals surface area contributed by atoms with E-state index in [9.17, 15) is 9.59 Å². The average molecular weight is 303 g/mol. The summed E-state index contributed by atoms with van der Waals surface area (Å²) in [5.74, 6) is 1.07. The lowest BCUT2D eigenvalue weighted by atomic mass is 9.86. The highest BCUT2D eigenvalue weighted by molar-refractivity contribution is 5.94. The van der Waals surface area contributed by atoms with Gasteiger partial charge in [0.15, 0.2) is 11.9 Å². The zero-order valence-corrected chi connectivity index (χ0v) is 13.6. The summed E-state index contributed by atoms with van der Waals surface area (Å²) in [6, 6.07) is 7.14. The quantitative estimate of drug-likeness (QED) is 0.849. The van der Waals surface area contributed by atoms with Crippen LogP contribution >= 0.6 is 0 Å². The van der Waals surface area contributed by atoms with E-state index in [2.05, 4.69) is 12.2 Å². The molecular formula is C18H25NO3. The largest absolute Gasteiger partial charge is 0.481 e. The number of hydrogen-bond donors (Lipinski definition) is 1. The molecule has 0 spiro atoms. The van der Waals surface area contributed by atoms with Gasteiger partial charge in [0, 0.05) is 11.6 Å². The van der Waals surface area contributed by atoms with Crippen molar-refractivity contribution in [3.8, 4) is 5.75 Å². The van der Waals surface area contributed by atoms with Gasteiger partial charge in [0.1, 0.15) is 5.75 Å². The molecular weight excluding hydrogens is 278 g/mol. The van der Waals surface area contributed by atoms with E-state index >= 15 is 0 Å². The van der Waals surface area contributed by atoms with Crippen molar-refractivity contribution in [2.75, 3.05) is 0 Å². The zero-order chi connectivity index (χ0) is 16.1. The van der Waals surface area contributed by atoms with Crippen LogP contribution in [0.1, 0.15) is 56.8 Å². The summed E-state index contributed by atoms with van der Waals surface area (Å²) in [5.41, 5.74) is 0.639. The van der Waals surface area contributed by atoms with Crippen molar-refractivity contribution in [3.05, 3.63) is 29.8 Å². The van der Waals surface area contributed by atoms with Crippen LogP contribution in [0.2, 0.25) is 0 Å². The third kappa shape index (κ3) is 4.33. The van der Waals surface area contributed by atoms with Gasteiger partial charge in [-0.2, -0.15) is 0 Å². The van der Waals surface area contributed by atoms with Gasteiger partial charge in [-0.25, -0.2) is 0 Å². The molecule has 1 fully saturated rings. The van der Waals surface area contributed by atoms with Crippen LogP contribution in [0, 0.1) is 5.92 Å². The van der Waals surface area contributed by atoms with Gasteiger partial charge in [0.2, 0.25) is 0 Å². The number of rotatable bonds is 5. The molecule has 120 valence electrons. The van der Waals surface area contributed by atoms with E-state index in [1.165, 1.54) is 26.2 Å². The van der Waals surface area contributed by atoms with E-state index in [0.717, 1.165) is 6.42 Å². The molecule has 0 heterocycles. The van der Waals surface area contributed by atoms with Crippen LogP contribution in [0.3, 0.4) is 0 Å². The lowest BCUT2D eigenvalue weighted by Gasteiger charge is -2.30. The third-order valence-electron chi connectivity index (χ3n) is 4.38. The van der Waals surface area contributed by atoms with Crippen LogP contribution in [-0.4, -0.2) is 23.8 Å². The molecule has 2 rings (SSSR count). The van der Waals surface area contributed by atoms with E-state index in [4.69, 9.17) is 4.74 Å². The summed E-state index contributed by atoms with van der Waals surface area (Å²) < 4.78 is 5.66. The molecule has 4 nitrogen and oxygen atoms in total. The monoisotopic (exact) mass is 303 g/mol. The second-order valence-electron chi connectivity index (χ2n) is 6.22. The van der Waals surface area contributed by atoms with Gasteiger partial charge >= 0.3 is 0 Å². The van der Waals surface area contributed by atoms with Gasteiger partial charge in [-0.1, -0.05) is 19.8 Å². The lowest BCUT2D eigenvalue weighted by molar-refractivity contribution is -0.128. The molecule has 0 aromatic heterocycles. The molecule has 0 unspecified atom stereocenters. The molecule has 22 heavy (non-hydrogen) atoms. The minimum absolute atomic E-state index is 0.0172. The number of nitrogens with one attached hydrogen (secondary N) is 1. The van der Waals surface area contributed by atoms with E-state index in [0.29, 0.717) is 17.2 Å². The highest BCUT2D eigenvalue weighted by Gasteiger charge is 2.25. The Morgan fingerprint density at radius 1 is 1.18 bits per heavy atom. The Morgan fingerprint density at radius 2 is 1.82 bits per heavy atom. The average Bonchev–Trinajstić information content (AvgIpc) is 2.50. The number of ketones is 1. The van der Waals surface area contributed by atoms with Crippen LogP contribution in [0.25, 0.3) is 0 Å². The summed E-state index contributed by atoms with van der Waals surface area (Å²) in [6.45, 7) is 5.47. The van der Waals surface area contributed by atoms with Crippen LogP contribution in [0.15, 0.2) is 24.3 Å². The van der Waals surface area contributed by atoms with Crippen molar-refractivity contribution in [1.82, 2.24) is 5.32 Å². The van der Waals surface area contributed by atoms with E-state index < -0.39 is 6.10 Å². The first-order valence-electron chi connectivity index (χ1n) is 8.05. The van der Waals surface area contributed by atoms with E-state index in [-0.39, 0.29) is 17.7 Å². The van der Waals surface area contributed by atoms with Crippen molar-refractivity contribution >= 4 is 11.7 Å². The second kappa shape index (κ2) is 7.43. The fourth-order valence-electron chi connectivity index (χ4n) is 2.86. The molecule has 1 N–H and O–H groups in total. The summed E-state index contributed by atoms with van der Waals surface area (Å²) in [6.07, 6.45) is 4.11. The Labute approximate surface area is 132 Å². The molecule has 1 aliphatic carbocycles. The topological polar surface area (TPSA) is 55.4 Å². The van der Waals surface area contributed by atoms with Crippen molar-refractivity contribution in [3.63, 3.8) is 0 Å². The normalized spacial score (nSPS) is 22.7. The van der Waals surface area contributed by atoms with E-state index in [1.54, 1.807) is 31.2 Å². The molecule has 1 saturated carbocycles. The van der Waals surface area contributed by atoms with Crippen molar-refractivity contribution in [2.45, 2.75) is 58.6 Å². The fourth-order valence-corrected chi connectivity index (χ4v) is 2.86. The van der Waals surface area contributed by atoms with E-state index in [1.807, 2.05) is 0 Å². The predicted molar refractivity (Wildman–Crippen MR) is 86.1 cm³/mol. The zero-order valence-electron chi connectivity index (χ0n) is 13.6. The molecule has 3 atom stereocenters. The lowest BCUT2D eigenvalue weighted by Crippen LogP contribution is -2.46. The smallest absolute Gasteiger partial charge is 0.261 e. The van der Waals surface area contributed by atoms with Crippen LogP contribution in [0.4, 0.5) is 0 Å². The van der Waals surface area contributed by atoms with Gasteiger partial charge in [-0.05, 0) is 56.9 Å². The highest BCUT2D eigenvalue weighted by Crippen LogP contribution is 2.24. The number of carbonyl (C=O) groups excluding carboxylic acids is 2. The summed E-state index contributed by atoms with van der Waals surface area (Å²) >= 11 is 0. The van der Waals surface area contributed by atoms with Crippen molar-refractivity contribution in [1.29, 1.82) is 0 Å².